The fourth-order valence-corrected chi connectivity index (χ4v) is 1.48. The molecule has 0 atom stereocenters. The van der Waals surface area contributed by atoms with E-state index in [1.54, 1.807) is 24.0 Å². The number of hydrogen-bond donors (Lipinski definition) is 2. The van der Waals surface area contributed by atoms with E-state index in [0.29, 0.717) is 11.5 Å². The van der Waals surface area contributed by atoms with Gasteiger partial charge in [0.1, 0.15) is 0 Å². The van der Waals surface area contributed by atoms with Crippen LogP contribution in [0.4, 0.5) is 5.95 Å². The average Bonchev–Trinajstić information content (AvgIpc) is 2.75. The highest BCUT2D eigenvalue weighted by Gasteiger charge is 2.11. The molecule has 2 aromatic rings. The molecule has 1 amide bonds. The Kier molecular flexibility index (Phi) is 3.18. The number of carbonyl (C=O) groups is 1. The number of nitrogens with one attached hydrogen (secondary N) is 1. The molecule has 2 rings (SSSR count). The SMILES string of the molecule is COc1cc(C(=O)Nc2nccn2C)ccc1O. The highest BCUT2D eigenvalue weighted by Crippen LogP contribution is 2.26. The van der Waals surface area contributed by atoms with Crippen molar-refractivity contribution in [3.05, 3.63) is 36.2 Å². The second-order valence-corrected chi connectivity index (χ2v) is 3.70. The van der Waals surface area contributed by atoms with Crippen molar-refractivity contribution in [2.75, 3.05) is 12.4 Å². The van der Waals surface area contributed by atoms with Crippen LogP contribution in [-0.2, 0) is 7.05 Å². The van der Waals surface area contributed by atoms with E-state index in [4.69, 9.17) is 4.74 Å². The number of phenolic OH excluding ortho intramolecular Hbond substituents is 1. The zero-order chi connectivity index (χ0) is 13.1. The molecule has 0 radical (unpaired) electrons. The molecule has 0 aliphatic heterocycles. The van der Waals surface area contributed by atoms with Gasteiger partial charge in [0.25, 0.3) is 5.91 Å². The van der Waals surface area contributed by atoms with Gasteiger partial charge in [0.05, 0.1) is 7.11 Å². The van der Waals surface area contributed by atoms with Crippen LogP contribution in [0.25, 0.3) is 0 Å². The first-order valence-corrected chi connectivity index (χ1v) is 5.27. The van der Waals surface area contributed by atoms with E-state index in [2.05, 4.69) is 10.3 Å². The lowest BCUT2D eigenvalue weighted by atomic mass is 10.2. The summed E-state index contributed by atoms with van der Waals surface area (Å²) >= 11 is 0. The molecule has 0 spiro atoms. The van der Waals surface area contributed by atoms with Gasteiger partial charge in [0.15, 0.2) is 11.5 Å². The Morgan fingerprint density at radius 1 is 1.50 bits per heavy atom. The third-order valence-electron chi connectivity index (χ3n) is 2.49. The lowest BCUT2D eigenvalue weighted by molar-refractivity contribution is 0.102. The van der Waals surface area contributed by atoms with Gasteiger partial charge >= 0.3 is 0 Å². The van der Waals surface area contributed by atoms with E-state index in [1.807, 2.05) is 0 Å². The lowest BCUT2D eigenvalue weighted by Gasteiger charge is -2.07. The molecule has 1 aromatic carbocycles. The lowest BCUT2D eigenvalue weighted by Crippen LogP contribution is -2.14. The number of anilines is 1. The van der Waals surface area contributed by atoms with Crippen LogP contribution >= 0.6 is 0 Å². The summed E-state index contributed by atoms with van der Waals surface area (Å²) in [6.07, 6.45) is 3.32. The minimum absolute atomic E-state index is 0.00829. The van der Waals surface area contributed by atoms with Crippen LogP contribution in [0.1, 0.15) is 10.4 Å². The maximum absolute atomic E-state index is 11.9. The smallest absolute Gasteiger partial charge is 0.258 e. The number of imidazole rings is 1. The van der Waals surface area contributed by atoms with Crippen molar-refractivity contribution in [2.45, 2.75) is 0 Å². The molecule has 6 heteroatoms. The summed E-state index contributed by atoms with van der Waals surface area (Å²) in [5.41, 5.74) is 0.382. The second-order valence-electron chi connectivity index (χ2n) is 3.70. The molecule has 1 aromatic heterocycles. The number of hydrogen-bond acceptors (Lipinski definition) is 4. The molecule has 6 nitrogen and oxygen atoms in total. The largest absolute Gasteiger partial charge is 0.504 e. The summed E-state index contributed by atoms with van der Waals surface area (Å²) < 4.78 is 6.63. The molecule has 0 saturated carbocycles. The standard InChI is InChI=1S/C12H13N3O3/c1-15-6-5-13-12(15)14-11(17)8-3-4-9(16)10(7-8)18-2/h3-7,16H,1-2H3,(H,13,14,17). The quantitative estimate of drug-likeness (QED) is 0.859. The molecule has 1 heterocycles. The number of methoxy groups -OCH3 is 1. The van der Waals surface area contributed by atoms with Gasteiger partial charge in [-0.15, -0.1) is 0 Å². The molecule has 0 saturated heterocycles. The van der Waals surface area contributed by atoms with Crippen molar-refractivity contribution in [1.29, 1.82) is 0 Å². The maximum atomic E-state index is 11.9. The zero-order valence-corrected chi connectivity index (χ0v) is 10.0. The second kappa shape index (κ2) is 4.79. The van der Waals surface area contributed by atoms with Crippen LogP contribution in [0, 0.1) is 0 Å². The molecular weight excluding hydrogens is 234 g/mol. The number of aromatic hydroxyl groups is 1. The van der Waals surface area contributed by atoms with Crippen LogP contribution in [0.5, 0.6) is 11.5 Å². The summed E-state index contributed by atoms with van der Waals surface area (Å²) in [5, 5.41) is 12.1. The Morgan fingerprint density at radius 3 is 2.89 bits per heavy atom. The van der Waals surface area contributed by atoms with Crippen molar-refractivity contribution < 1.29 is 14.6 Å². The van der Waals surface area contributed by atoms with Crippen LogP contribution in [0.3, 0.4) is 0 Å². The van der Waals surface area contributed by atoms with E-state index in [0.717, 1.165) is 0 Å². The molecule has 0 aliphatic rings. The first-order valence-electron chi connectivity index (χ1n) is 5.27. The number of rotatable bonds is 3. The van der Waals surface area contributed by atoms with E-state index < -0.39 is 0 Å². The minimum Gasteiger partial charge on any atom is -0.504 e. The molecule has 18 heavy (non-hydrogen) atoms. The van der Waals surface area contributed by atoms with E-state index >= 15 is 0 Å². The molecule has 0 fully saturated rings. The fraction of sp³-hybridized carbons (Fsp3) is 0.167. The molecule has 94 valence electrons. The Morgan fingerprint density at radius 2 is 2.28 bits per heavy atom. The van der Waals surface area contributed by atoms with Crippen molar-refractivity contribution in [3.63, 3.8) is 0 Å². The molecule has 0 unspecified atom stereocenters. The topological polar surface area (TPSA) is 76.4 Å². The van der Waals surface area contributed by atoms with E-state index in [-0.39, 0.29) is 17.4 Å². The van der Waals surface area contributed by atoms with Gasteiger partial charge in [-0.05, 0) is 18.2 Å². The number of nitrogens with zero attached hydrogens (tertiary/aromatic N) is 2. The van der Waals surface area contributed by atoms with Gasteiger partial charge in [0.2, 0.25) is 5.95 Å². The number of carbonyl (C=O) groups excluding carboxylic acids is 1. The van der Waals surface area contributed by atoms with Crippen LogP contribution in [-0.4, -0.2) is 27.7 Å². The van der Waals surface area contributed by atoms with Gasteiger partial charge in [0, 0.05) is 25.0 Å². The van der Waals surface area contributed by atoms with Crippen LogP contribution < -0.4 is 10.1 Å². The van der Waals surface area contributed by atoms with Crippen LogP contribution in [0.15, 0.2) is 30.6 Å². The summed E-state index contributed by atoms with van der Waals surface area (Å²) in [6.45, 7) is 0. The molecule has 0 bridgehead atoms. The summed E-state index contributed by atoms with van der Waals surface area (Å²) in [6, 6.07) is 4.38. The van der Waals surface area contributed by atoms with Gasteiger partial charge < -0.3 is 14.4 Å². The molecular formula is C12H13N3O3. The number of aryl methyl sites for hydroxylation is 1. The minimum atomic E-state index is -0.317. The highest BCUT2D eigenvalue weighted by molar-refractivity contribution is 6.03. The van der Waals surface area contributed by atoms with Crippen molar-refractivity contribution in [1.82, 2.24) is 9.55 Å². The van der Waals surface area contributed by atoms with Gasteiger partial charge in [-0.3, -0.25) is 10.1 Å². The van der Waals surface area contributed by atoms with Crippen molar-refractivity contribution in [3.8, 4) is 11.5 Å². The first-order chi connectivity index (χ1) is 8.61. The predicted molar refractivity (Wildman–Crippen MR) is 65.8 cm³/mol. The van der Waals surface area contributed by atoms with E-state index in [1.165, 1.54) is 25.3 Å². The Bertz CT molecular complexity index is 578. The van der Waals surface area contributed by atoms with Crippen molar-refractivity contribution in [2.24, 2.45) is 7.05 Å². The normalized spacial score (nSPS) is 10.1. The van der Waals surface area contributed by atoms with Gasteiger partial charge in [-0.1, -0.05) is 0 Å². The average molecular weight is 247 g/mol. The molecule has 0 aliphatic carbocycles. The summed E-state index contributed by atoms with van der Waals surface area (Å²) in [5.74, 6) is 0.378. The number of ether oxygens (including phenoxy) is 1. The van der Waals surface area contributed by atoms with Crippen molar-refractivity contribution >= 4 is 11.9 Å². The number of phenols is 1. The third-order valence-corrected chi connectivity index (χ3v) is 2.49. The number of aromatic nitrogens is 2. The third kappa shape index (κ3) is 2.27. The van der Waals surface area contributed by atoms with E-state index in [9.17, 15) is 9.90 Å². The highest BCUT2D eigenvalue weighted by atomic mass is 16.5. The predicted octanol–water partition coefficient (Wildman–Crippen LogP) is 1.39. The summed E-state index contributed by atoms with van der Waals surface area (Å²) in [4.78, 5) is 15.9. The van der Waals surface area contributed by atoms with Gasteiger partial charge in [-0.25, -0.2) is 4.98 Å². The Hall–Kier alpha value is -2.50. The fourth-order valence-electron chi connectivity index (χ4n) is 1.48. The number of amides is 1. The first kappa shape index (κ1) is 12.0. The number of benzene rings is 1. The van der Waals surface area contributed by atoms with Crippen LogP contribution in [0.2, 0.25) is 0 Å². The Labute approximate surface area is 104 Å². The monoisotopic (exact) mass is 247 g/mol. The molecule has 2 N–H and O–H groups in total. The maximum Gasteiger partial charge on any atom is 0.258 e. The Balaban J connectivity index is 2.21. The zero-order valence-electron chi connectivity index (χ0n) is 10.0. The van der Waals surface area contributed by atoms with Gasteiger partial charge in [-0.2, -0.15) is 0 Å². The summed E-state index contributed by atoms with van der Waals surface area (Å²) in [7, 11) is 3.20.